The lowest BCUT2D eigenvalue weighted by Gasteiger charge is -2.21. The third-order valence-electron chi connectivity index (χ3n) is 2.75. The fraction of sp³-hybridized carbons (Fsp3) is 0.455. The molecule has 1 atom stereocenters. The summed E-state index contributed by atoms with van der Waals surface area (Å²) in [6.45, 7) is 4.08. The number of hydrogen-bond acceptors (Lipinski definition) is 7. The molecular formula is C11H18N6O3. The second-order valence-electron chi connectivity index (χ2n) is 4.22. The van der Waals surface area contributed by atoms with Crippen LogP contribution >= 0.6 is 0 Å². The van der Waals surface area contributed by atoms with Crippen LogP contribution in [-0.4, -0.2) is 40.3 Å². The van der Waals surface area contributed by atoms with E-state index in [-0.39, 0.29) is 23.2 Å². The highest BCUT2D eigenvalue weighted by molar-refractivity contribution is 5.83. The number of rotatable bonds is 6. The summed E-state index contributed by atoms with van der Waals surface area (Å²) in [6, 6.07) is 1.90. The van der Waals surface area contributed by atoms with E-state index >= 15 is 0 Å². The van der Waals surface area contributed by atoms with Crippen molar-refractivity contribution in [2.45, 2.75) is 19.9 Å². The molecule has 0 bridgehead atoms. The number of aromatic nitrogens is 1. The molecule has 1 rings (SSSR count). The van der Waals surface area contributed by atoms with Crippen molar-refractivity contribution in [2.24, 2.45) is 5.84 Å². The van der Waals surface area contributed by atoms with E-state index in [1.54, 1.807) is 14.0 Å². The number of carbonyl (C=O) groups is 1. The summed E-state index contributed by atoms with van der Waals surface area (Å²) >= 11 is 0. The number of hydrazine groups is 1. The van der Waals surface area contributed by atoms with Crippen molar-refractivity contribution in [2.75, 3.05) is 24.3 Å². The van der Waals surface area contributed by atoms with Gasteiger partial charge in [0.1, 0.15) is 17.7 Å². The Kier molecular flexibility index (Phi) is 5.21. The average Bonchev–Trinajstić information content (AvgIpc) is 2.44. The molecule has 1 aromatic rings. The minimum atomic E-state index is -0.557. The zero-order chi connectivity index (χ0) is 15.3. The molecule has 0 radical (unpaired) electrons. The number of nitro groups is 1. The van der Waals surface area contributed by atoms with Gasteiger partial charge in [-0.25, -0.2) is 10.8 Å². The molecular weight excluding hydrogens is 264 g/mol. The fourth-order valence-electron chi connectivity index (χ4n) is 1.54. The third-order valence-corrected chi connectivity index (χ3v) is 2.75. The predicted molar refractivity (Wildman–Crippen MR) is 75.1 cm³/mol. The van der Waals surface area contributed by atoms with Gasteiger partial charge in [0.15, 0.2) is 0 Å². The smallest absolute Gasteiger partial charge is 0.276 e. The zero-order valence-corrected chi connectivity index (χ0v) is 11.6. The van der Waals surface area contributed by atoms with Gasteiger partial charge >= 0.3 is 0 Å². The van der Waals surface area contributed by atoms with Crippen LogP contribution in [0.15, 0.2) is 12.1 Å². The maximum Gasteiger partial charge on any atom is 0.276 e. The van der Waals surface area contributed by atoms with Gasteiger partial charge in [0, 0.05) is 13.6 Å². The van der Waals surface area contributed by atoms with E-state index in [0.29, 0.717) is 6.54 Å². The lowest BCUT2D eigenvalue weighted by atomic mass is 10.2. The Hall–Kier alpha value is -2.42. The van der Waals surface area contributed by atoms with E-state index in [2.05, 4.69) is 15.7 Å². The van der Waals surface area contributed by atoms with Crippen LogP contribution in [0, 0.1) is 10.1 Å². The molecule has 0 saturated heterocycles. The van der Waals surface area contributed by atoms with E-state index in [4.69, 9.17) is 5.84 Å². The number of nitrogens with one attached hydrogen (secondary N) is 2. The fourth-order valence-corrected chi connectivity index (χ4v) is 1.54. The van der Waals surface area contributed by atoms with Crippen LogP contribution in [0.2, 0.25) is 0 Å². The number of likely N-dealkylation sites (N-methyl/N-ethyl adjacent to an activating group) is 1. The van der Waals surface area contributed by atoms with Crippen LogP contribution in [0.25, 0.3) is 0 Å². The van der Waals surface area contributed by atoms with Crippen LogP contribution in [0.3, 0.4) is 0 Å². The summed E-state index contributed by atoms with van der Waals surface area (Å²) in [5.41, 5.74) is 2.08. The van der Waals surface area contributed by atoms with Gasteiger partial charge in [-0.2, -0.15) is 0 Å². The van der Waals surface area contributed by atoms with Gasteiger partial charge < -0.3 is 15.6 Å². The first-order chi connectivity index (χ1) is 9.38. The monoisotopic (exact) mass is 282 g/mol. The number of pyridine rings is 1. The summed E-state index contributed by atoms with van der Waals surface area (Å²) in [5, 5.41) is 13.6. The Morgan fingerprint density at radius 1 is 1.55 bits per heavy atom. The Bertz CT molecular complexity index is 507. The minimum absolute atomic E-state index is 0.136. The zero-order valence-electron chi connectivity index (χ0n) is 11.6. The first-order valence-corrected chi connectivity index (χ1v) is 6.03. The Morgan fingerprint density at radius 3 is 2.65 bits per heavy atom. The molecule has 1 unspecified atom stereocenters. The summed E-state index contributed by atoms with van der Waals surface area (Å²) in [5.74, 6) is 5.42. The molecule has 1 aromatic heterocycles. The van der Waals surface area contributed by atoms with Crippen LogP contribution in [0.1, 0.15) is 13.8 Å². The van der Waals surface area contributed by atoms with Gasteiger partial charge in [0.05, 0.1) is 17.1 Å². The summed E-state index contributed by atoms with van der Waals surface area (Å²) < 4.78 is 0. The molecule has 9 heteroatoms. The van der Waals surface area contributed by atoms with Gasteiger partial charge in [-0.05, 0) is 13.8 Å². The number of amides is 1. The molecule has 20 heavy (non-hydrogen) atoms. The van der Waals surface area contributed by atoms with E-state index in [1.807, 2.05) is 6.92 Å². The van der Waals surface area contributed by atoms with E-state index < -0.39 is 11.0 Å². The van der Waals surface area contributed by atoms with Gasteiger partial charge in [-0.3, -0.25) is 14.9 Å². The van der Waals surface area contributed by atoms with Gasteiger partial charge in [0.25, 0.3) is 5.69 Å². The Labute approximate surface area is 116 Å². The SMILES string of the molecule is CCN(C)C(=O)C(C)Nc1cc([N+](=O)[O-])cc(NN)n1. The molecule has 0 aliphatic rings. The molecule has 9 nitrogen and oxygen atoms in total. The molecule has 1 heterocycles. The van der Waals surface area contributed by atoms with Crippen LogP contribution in [0.4, 0.5) is 17.3 Å². The van der Waals surface area contributed by atoms with E-state index in [0.717, 1.165) is 0 Å². The lowest BCUT2D eigenvalue weighted by molar-refractivity contribution is -0.384. The quantitative estimate of drug-likeness (QED) is 0.395. The molecule has 0 aromatic carbocycles. The Morgan fingerprint density at radius 2 is 2.15 bits per heavy atom. The summed E-state index contributed by atoms with van der Waals surface area (Å²) in [7, 11) is 1.67. The molecule has 0 saturated carbocycles. The van der Waals surface area contributed by atoms with E-state index in [1.165, 1.54) is 17.0 Å². The molecule has 0 fully saturated rings. The number of hydrogen-bond donors (Lipinski definition) is 3. The minimum Gasteiger partial charge on any atom is -0.358 e. The topological polar surface area (TPSA) is 126 Å². The Balaban J connectivity index is 2.94. The standard InChI is InChI=1S/C11H18N6O3/c1-4-16(3)11(18)7(2)13-9-5-8(17(19)20)6-10(14-9)15-12/h5-7H,4,12H2,1-3H3,(H2,13,14,15). The number of nitrogen functional groups attached to an aromatic ring is 1. The summed E-state index contributed by atoms with van der Waals surface area (Å²) in [4.78, 5) is 27.7. The average molecular weight is 282 g/mol. The highest BCUT2D eigenvalue weighted by Crippen LogP contribution is 2.20. The summed E-state index contributed by atoms with van der Waals surface area (Å²) in [6.07, 6.45) is 0. The number of anilines is 2. The van der Waals surface area contributed by atoms with Crippen LogP contribution in [-0.2, 0) is 4.79 Å². The second kappa shape index (κ2) is 6.66. The van der Waals surface area contributed by atoms with Crippen LogP contribution < -0.4 is 16.6 Å². The number of carbonyl (C=O) groups excluding carboxylic acids is 1. The highest BCUT2D eigenvalue weighted by Gasteiger charge is 2.18. The van der Waals surface area contributed by atoms with E-state index in [9.17, 15) is 14.9 Å². The molecule has 110 valence electrons. The van der Waals surface area contributed by atoms with Gasteiger partial charge in [0.2, 0.25) is 5.91 Å². The van der Waals surface area contributed by atoms with Gasteiger partial charge in [-0.1, -0.05) is 0 Å². The van der Waals surface area contributed by atoms with Crippen molar-refractivity contribution in [3.05, 3.63) is 22.2 Å². The molecule has 4 N–H and O–H groups in total. The number of nitrogens with zero attached hydrogens (tertiary/aromatic N) is 3. The van der Waals surface area contributed by atoms with Crippen molar-refractivity contribution in [1.29, 1.82) is 0 Å². The van der Waals surface area contributed by atoms with Crippen molar-refractivity contribution >= 4 is 23.2 Å². The van der Waals surface area contributed by atoms with Crippen molar-refractivity contribution in [1.82, 2.24) is 9.88 Å². The van der Waals surface area contributed by atoms with Crippen LogP contribution in [0.5, 0.6) is 0 Å². The molecule has 0 aliphatic heterocycles. The molecule has 0 spiro atoms. The van der Waals surface area contributed by atoms with Crippen molar-refractivity contribution < 1.29 is 9.72 Å². The van der Waals surface area contributed by atoms with Gasteiger partial charge in [-0.15, -0.1) is 0 Å². The number of nitrogens with two attached hydrogens (primary N) is 1. The largest absolute Gasteiger partial charge is 0.358 e. The predicted octanol–water partition coefficient (Wildman–Crippen LogP) is 0.554. The maximum atomic E-state index is 11.9. The highest BCUT2D eigenvalue weighted by atomic mass is 16.6. The lowest BCUT2D eigenvalue weighted by Crippen LogP contribution is -2.39. The molecule has 0 aliphatic carbocycles. The van der Waals surface area contributed by atoms with Crippen molar-refractivity contribution in [3.8, 4) is 0 Å². The molecule has 1 amide bonds. The second-order valence-corrected chi connectivity index (χ2v) is 4.22. The first kappa shape index (κ1) is 15.6. The maximum absolute atomic E-state index is 11.9. The third kappa shape index (κ3) is 3.79. The first-order valence-electron chi connectivity index (χ1n) is 6.03. The normalized spacial score (nSPS) is 11.6. The van der Waals surface area contributed by atoms with Crippen molar-refractivity contribution in [3.63, 3.8) is 0 Å².